The number of hydrogen-bond donors (Lipinski definition) is 1. The minimum atomic E-state index is 0.807. The Kier molecular flexibility index (Phi) is 13.7. The predicted octanol–water partition coefficient (Wildman–Crippen LogP) is 5.51. The Labute approximate surface area is 107 Å². The van der Waals surface area contributed by atoms with Crippen molar-refractivity contribution in [2.75, 3.05) is 0 Å². The SMILES string of the molecule is C/C=C\c1c(C)cccc1CS.CC.CC. The van der Waals surface area contributed by atoms with Gasteiger partial charge in [0.15, 0.2) is 0 Å². The van der Waals surface area contributed by atoms with Gasteiger partial charge in [-0.05, 0) is 30.5 Å². The largest absolute Gasteiger partial charge is 0.175 e. The van der Waals surface area contributed by atoms with E-state index in [1.54, 1.807) is 0 Å². The van der Waals surface area contributed by atoms with E-state index in [0.717, 1.165) is 5.75 Å². The molecule has 0 aromatic heterocycles. The molecule has 92 valence electrons. The average Bonchev–Trinajstić information content (AvgIpc) is 2.37. The Morgan fingerprint density at radius 2 is 1.69 bits per heavy atom. The van der Waals surface area contributed by atoms with Gasteiger partial charge in [0, 0.05) is 5.75 Å². The molecule has 0 heterocycles. The Bertz CT molecular complexity index is 287. The number of hydrogen-bond acceptors (Lipinski definition) is 1. The fourth-order valence-corrected chi connectivity index (χ4v) is 1.56. The number of rotatable bonds is 2. The zero-order valence-corrected chi connectivity index (χ0v) is 12.4. The Morgan fingerprint density at radius 1 is 1.12 bits per heavy atom. The molecule has 0 N–H and O–H groups in total. The van der Waals surface area contributed by atoms with E-state index >= 15 is 0 Å². The second-order valence-corrected chi connectivity index (χ2v) is 3.12. The van der Waals surface area contributed by atoms with E-state index in [-0.39, 0.29) is 0 Å². The van der Waals surface area contributed by atoms with Crippen molar-refractivity contribution < 1.29 is 0 Å². The molecule has 0 nitrogen and oxygen atoms in total. The highest BCUT2D eigenvalue weighted by Crippen LogP contribution is 2.17. The summed E-state index contributed by atoms with van der Waals surface area (Å²) >= 11 is 4.29. The molecule has 1 aromatic rings. The molecule has 0 amide bonds. The van der Waals surface area contributed by atoms with Crippen molar-refractivity contribution in [3.8, 4) is 0 Å². The highest BCUT2D eigenvalue weighted by molar-refractivity contribution is 7.79. The third kappa shape index (κ3) is 6.02. The van der Waals surface area contributed by atoms with Gasteiger partial charge in [0.25, 0.3) is 0 Å². The summed E-state index contributed by atoms with van der Waals surface area (Å²) in [6.45, 7) is 12.2. The fraction of sp³-hybridized carbons (Fsp3) is 0.467. The van der Waals surface area contributed by atoms with E-state index in [2.05, 4.69) is 49.9 Å². The number of aryl methyl sites for hydroxylation is 1. The van der Waals surface area contributed by atoms with E-state index in [9.17, 15) is 0 Å². The van der Waals surface area contributed by atoms with Gasteiger partial charge in [-0.15, -0.1) is 0 Å². The van der Waals surface area contributed by atoms with Crippen LogP contribution in [-0.2, 0) is 5.75 Å². The molecular weight excluding hydrogens is 212 g/mol. The van der Waals surface area contributed by atoms with Crippen LogP contribution < -0.4 is 0 Å². The molecule has 0 bridgehead atoms. The summed E-state index contributed by atoms with van der Waals surface area (Å²) in [6.07, 6.45) is 4.20. The molecule has 1 aromatic carbocycles. The molecule has 0 atom stereocenters. The molecule has 16 heavy (non-hydrogen) atoms. The summed E-state index contributed by atoms with van der Waals surface area (Å²) in [5, 5.41) is 0. The van der Waals surface area contributed by atoms with Crippen LogP contribution in [-0.4, -0.2) is 0 Å². The van der Waals surface area contributed by atoms with Crippen LogP contribution in [0.25, 0.3) is 6.08 Å². The summed E-state index contributed by atoms with van der Waals surface area (Å²) < 4.78 is 0. The van der Waals surface area contributed by atoms with Crippen LogP contribution in [0.5, 0.6) is 0 Å². The van der Waals surface area contributed by atoms with Crippen LogP contribution in [0.4, 0.5) is 0 Å². The fourth-order valence-electron chi connectivity index (χ4n) is 1.28. The first-order valence-corrected chi connectivity index (χ1v) is 6.75. The van der Waals surface area contributed by atoms with Gasteiger partial charge in [-0.1, -0.05) is 58.0 Å². The molecule has 0 aliphatic rings. The van der Waals surface area contributed by atoms with Gasteiger partial charge in [0.2, 0.25) is 0 Å². The highest BCUT2D eigenvalue weighted by Gasteiger charge is 1.98. The van der Waals surface area contributed by atoms with Crippen LogP contribution in [0.3, 0.4) is 0 Å². The van der Waals surface area contributed by atoms with Crippen molar-refractivity contribution in [3.05, 3.63) is 41.0 Å². The van der Waals surface area contributed by atoms with Gasteiger partial charge in [-0.25, -0.2) is 0 Å². The Balaban J connectivity index is 0. The zero-order chi connectivity index (χ0) is 13.0. The highest BCUT2D eigenvalue weighted by atomic mass is 32.1. The summed E-state index contributed by atoms with van der Waals surface area (Å²) in [5.41, 5.74) is 3.94. The van der Waals surface area contributed by atoms with Crippen molar-refractivity contribution in [1.29, 1.82) is 0 Å². The lowest BCUT2D eigenvalue weighted by Gasteiger charge is -2.05. The zero-order valence-electron chi connectivity index (χ0n) is 11.5. The number of thiol groups is 1. The number of allylic oxidation sites excluding steroid dienone is 1. The van der Waals surface area contributed by atoms with Crippen molar-refractivity contribution in [2.45, 2.75) is 47.3 Å². The second-order valence-electron chi connectivity index (χ2n) is 2.81. The summed E-state index contributed by atoms with van der Waals surface area (Å²) in [6, 6.07) is 6.32. The van der Waals surface area contributed by atoms with Gasteiger partial charge in [-0.2, -0.15) is 12.6 Å². The second kappa shape index (κ2) is 12.4. The van der Waals surface area contributed by atoms with Crippen molar-refractivity contribution in [2.24, 2.45) is 0 Å². The summed E-state index contributed by atoms with van der Waals surface area (Å²) in [4.78, 5) is 0. The van der Waals surface area contributed by atoms with E-state index < -0.39 is 0 Å². The molecule has 0 radical (unpaired) electrons. The van der Waals surface area contributed by atoms with Crippen molar-refractivity contribution in [3.63, 3.8) is 0 Å². The van der Waals surface area contributed by atoms with Gasteiger partial charge in [-0.3, -0.25) is 0 Å². The van der Waals surface area contributed by atoms with Gasteiger partial charge in [0.05, 0.1) is 0 Å². The number of benzene rings is 1. The van der Waals surface area contributed by atoms with E-state index in [1.165, 1.54) is 16.7 Å². The van der Waals surface area contributed by atoms with E-state index in [0.29, 0.717) is 0 Å². The van der Waals surface area contributed by atoms with Crippen LogP contribution in [0, 0.1) is 6.92 Å². The molecule has 0 aliphatic heterocycles. The summed E-state index contributed by atoms with van der Waals surface area (Å²) in [7, 11) is 0. The molecule has 0 fully saturated rings. The van der Waals surface area contributed by atoms with Crippen LogP contribution in [0.15, 0.2) is 24.3 Å². The van der Waals surface area contributed by atoms with Crippen molar-refractivity contribution >= 4 is 18.7 Å². The van der Waals surface area contributed by atoms with Gasteiger partial charge in [0.1, 0.15) is 0 Å². The molecule has 0 saturated heterocycles. The first-order chi connectivity index (χ1) is 7.79. The smallest absolute Gasteiger partial charge is 0.0160 e. The average molecular weight is 238 g/mol. The molecule has 1 rings (SSSR count). The molecule has 0 aliphatic carbocycles. The monoisotopic (exact) mass is 238 g/mol. The third-order valence-corrected chi connectivity index (χ3v) is 2.26. The first kappa shape index (κ1) is 17.7. The van der Waals surface area contributed by atoms with Crippen LogP contribution in [0.2, 0.25) is 0 Å². The van der Waals surface area contributed by atoms with Crippen LogP contribution >= 0.6 is 12.6 Å². The maximum Gasteiger partial charge on any atom is 0.0160 e. The minimum absolute atomic E-state index is 0.807. The molecule has 0 unspecified atom stereocenters. The first-order valence-electron chi connectivity index (χ1n) is 6.11. The quantitative estimate of drug-likeness (QED) is 0.645. The molecular formula is C15H26S. The van der Waals surface area contributed by atoms with E-state index in [4.69, 9.17) is 0 Å². The Morgan fingerprint density at radius 3 is 2.12 bits per heavy atom. The molecule has 0 spiro atoms. The lowest BCUT2D eigenvalue weighted by atomic mass is 10.0. The maximum absolute atomic E-state index is 4.29. The lowest BCUT2D eigenvalue weighted by molar-refractivity contribution is 1.33. The summed E-state index contributed by atoms with van der Waals surface area (Å²) in [5.74, 6) is 0.807. The topological polar surface area (TPSA) is 0 Å². The predicted molar refractivity (Wildman–Crippen MR) is 81.3 cm³/mol. The standard InChI is InChI=1S/C11H14S.2C2H6/c1-3-5-11-9(2)6-4-7-10(11)8-12;2*1-2/h3-7,12H,8H2,1-2H3;2*1-2H3/b5-3-;;. The van der Waals surface area contributed by atoms with E-state index in [1.807, 2.05) is 34.6 Å². The van der Waals surface area contributed by atoms with Crippen molar-refractivity contribution in [1.82, 2.24) is 0 Å². The molecule has 1 heteroatoms. The normalized spacial score (nSPS) is 8.94. The van der Waals surface area contributed by atoms with Crippen LogP contribution in [0.1, 0.15) is 51.3 Å². The minimum Gasteiger partial charge on any atom is -0.175 e. The van der Waals surface area contributed by atoms with Gasteiger partial charge >= 0.3 is 0 Å². The Hall–Kier alpha value is -0.690. The molecule has 0 saturated carbocycles. The lowest BCUT2D eigenvalue weighted by Crippen LogP contribution is -1.87. The van der Waals surface area contributed by atoms with Gasteiger partial charge < -0.3 is 0 Å². The third-order valence-electron chi connectivity index (χ3n) is 1.92. The maximum atomic E-state index is 4.29.